The summed E-state index contributed by atoms with van der Waals surface area (Å²) in [6, 6.07) is 7.01. The molecule has 0 atom stereocenters. The van der Waals surface area contributed by atoms with Crippen LogP contribution in [0.1, 0.15) is 5.56 Å². The van der Waals surface area contributed by atoms with Crippen molar-refractivity contribution >= 4 is 16.6 Å². The molecule has 0 aliphatic carbocycles. The number of aromatic amines is 1. The molecule has 0 radical (unpaired) electrons. The smallest absolute Gasteiger partial charge is 0.318 e. The van der Waals surface area contributed by atoms with Crippen LogP contribution in [0.5, 0.6) is 0 Å². The van der Waals surface area contributed by atoms with Gasteiger partial charge in [-0.3, -0.25) is 0 Å². The summed E-state index contributed by atoms with van der Waals surface area (Å²) in [6.45, 7) is 0. The predicted molar refractivity (Wildman–Crippen MR) is 53.3 cm³/mol. The van der Waals surface area contributed by atoms with E-state index in [9.17, 15) is 4.91 Å². The number of nitrogens with one attached hydrogen (secondary N) is 1. The Hall–Kier alpha value is -2.35. The summed E-state index contributed by atoms with van der Waals surface area (Å²) in [5.41, 5.74) is 1.68. The molecule has 1 N–H and O–H groups in total. The monoisotopic (exact) mass is 202 g/mol. The van der Waals surface area contributed by atoms with E-state index in [0.717, 1.165) is 10.9 Å². The van der Waals surface area contributed by atoms with Crippen molar-refractivity contribution in [3.8, 4) is 6.07 Å². The van der Waals surface area contributed by atoms with Gasteiger partial charge in [0.2, 0.25) is 0 Å². The maximum absolute atomic E-state index is 11.1. The molecule has 0 spiro atoms. The third-order valence-electron chi connectivity index (χ3n) is 2.16. The molecule has 0 aliphatic heterocycles. The molecule has 2 aromatic rings. The molecule has 1 aromatic heterocycles. The maximum Gasteiger partial charge on any atom is 0.318 e. The highest BCUT2D eigenvalue weighted by Crippen LogP contribution is 2.22. The van der Waals surface area contributed by atoms with Crippen LogP contribution in [0.2, 0.25) is 0 Å². The summed E-state index contributed by atoms with van der Waals surface area (Å²) in [4.78, 5) is 19.0. The van der Waals surface area contributed by atoms with Gasteiger partial charge in [0.05, 0.1) is 16.0 Å². The van der Waals surface area contributed by atoms with E-state index in [1.54, 1.807) is 24.4 Å². The Kier molecular flexibility index (Phi) is 2.10. The summed E-state index contributed by atoms with van der Waals surface area (Å²) in [5.74, 6) is 0. The number of H-pyrrole nitrogens is 1. The first-order valence-corrected chi connectivity index (χ1v) is 4.29. The third-order valence-corrected chi connectivity index (χ3v) is 2.16. The maximum atomic E-state index is 11.1. The molecule has 0 saturated heterocycles. The molecule has 0 fully saturated rings. The zero-order valence-electron chi connectivity index (χ0n) is 8.02. The van der Waals surface area contributed by atoms with Crippen LogP contribution in [0.3, 0.4) is 0 Å². The first-order chi connectivity index (χ1) is 7.26. The minimum Gasteiger partial charge on any atom is -0.360 e. The van der Waals surface area contributed by atoms with Gasteiger partial charge in [-0.05, 0) is 6.07 Å². The van der Waals surface area contributed by atoms with Crippen LogP contribution in [0.4, 0.5) is 5.69 Å². The van der Waals surface area contributed by atoms with Gasteiger partial charge in [-0.2, -0.15) is 5.26 Å². The standard InChI is InChI=1S/C10H8N3O2/c1-15-13(14)8-2-3-9-7(5-11)6-12-10(9)4-8/h2-4,6,12H,1H3/q+1. The molecule has 0 unspecified atom stereocenters. The van der Waals surface area contributed by atoms with Crippen molar-refractivity contribution in [3.05, 3.63) is 34.9 Å². The Labute approximate surface area is 85.4 Å². The lowest BCUT2D eigenvalue weighted by Gasteiger charge is -1.90. The predicted octanol–water partition coefficient (Wildman–Crippen LogP) is 2.01. The highest BCUT2D eigenvalue weighted by molar-refractivity contribution is 5.87. The van der Waals surface area contributed by atoms with Crippen LogP contribution < -0.4 is 0 Å². The average Bonchev–Trinajstić information content (AvgIpc) is 2.69. The number of nitriles is 1. The van der Waals surface area contributed by atoms with Gasteiger partial charge in [0.15, 0.2) is 7.11 Å². The van der Waals surface area contributed by atoms with E-state index in [1.165, 1.54) is 7.11 Å². The Morgan fingerprint density at radius 3 is 3.00 bits per heavy atom. The van der Waals surface area contributed by atoms with Gasteiger partial charge >= 0.3 is 5.69 Å². The van der Waals surface area contributed by atoms with Crippen molar-refractivity contribution in [2.45, 2.75) is 0 Å². The normalized spacial score (nSPS) is 9.87. The van der Waals surface area contributed by atoms with Gasteiger partial charge in [-0.25, -0.2) is 4.84 Å². The molecule has 2 rings (SSSR count). The van der Waals surface area contributed by atoms with E-state index in [4.69, 9.17) is 5.26 Å². The fourth-order valence-electron chi connectivity index (χ4n) is 1.43. The Morgan fingerprint density at radius 1 is 1.53 bits per heavy atom. The topological polar surface area (TPSA) is 68.9 Å². The van der Waals surface area contributed by atoms with Gasteiger partial charge in [-0.1, -0.05) is 0 Å². The van der Waals surface area contributed by atoms with Crippen LogP contribution in [-0.4, -0.2) is 17.0 Å². The molecule has 1 heterocycles. The number of hydrogen-bond acceptors (Lipinski definition) is 3. The molecule has 0 aliphatic rings. The largest absolute Gasteiger partial charge is 0.360 e. The first-order valence-electron chi connectivity index (χ1n) is 4.29. The van der Waals surface area contributed by atoms with Crippen LogP contribution >= 0.6 is 0 Å². The molecule has 0 bridgehead atoms. The summed E-state index contributed by atoms with van der Waals surface area (Å²) in [5, 5.41) is 9.58. The van der Waals surface area contributed by atoms with Gasteiger partial charge in [0.1, 0.15) is 6.07 Å². The second-order valence-electron chi connectivity index (χ2n) is 2.98. The van der Waals surface area contributed by atoms with E-state index < -0.39 is 0 Å². The molecule has 5 nitrogen and oxygen atoms in total. The van der Waals surface area contributed by atoms with Crippen molar-refractivity contribution in [1.29, 1.82) is 5.26 Å². The number of aromatic nitrogens is 1. The quantitative estimate of drug-likeness (QED) is 0.757. The van der Waals surface area contributed by atoms with E-state index in [2.05, 4.69) is 15.9 Å². The fraction of sp³-hybridized carbons (Fsp3) is 0.100. The SMILES string of the molecule is CO[N+](=O)c1ccc2c(C#N)c[nH]c2c1. The number of fused-ring (bicyclic) bond motifs is 1. The van der Waals surface area contributed by atoms with E-state index in [0.29, 0.717) is 16.2 Å². The van der Waals surface area contributed by atoms with Crippen LogP contribution in [0, 0.1) is 16.2 Å². The van der Waals surface area contributed by atoms with E-state index in [1.807, 2.05) is 0 Å². The van der Waals surface area contributed by atoms with Crippen LogP contribution in [-0.2, 0) is 4.84 Å². The summed E-state index contributed by atoms with van der Waals surface area (Å²) >= 11 is 0. The zero-order chi connectivity index (χ0) is 10.8. The molecule has 15 heavy (non-hydrogen) atoms. The van der Waals surface area contributed by atoms with E-state index >= 15 is 0 Å². The van der Waals surface area contributed by atoms with Crippen molar-refractivity contribution in [2.75, 3.05) is 7.11 Å². The number of hydrogen-bond donors (Lipinski definition) is 1. The molecule has 0 amide bonds. The Balaban J connectivity index is 2.59. The molecular formula is C10H8N3O2+. The van der Waals surface area contributed by atoms with Crippen LogP contribution in [0.25, 0.3) is 10.9 Å². The second-order valence-corrected chi connectivity index (χ2v) is 2.98. The first kappa shape index (κ1) is 9.21. The van der Waals surface area contributed by atoms with Gasteiger partial charge in [0.25, 0.3) is 4.92 Å². The Bertz CT molecular complexity index is 566. The lowest BCUT2D eigenvalue weighted by atomic mass is 10.2. The average molecular weight is 202 g/mol. The summed E-state index contributed by atoms with van der Waals surface area (Å²) in [6.07, 6.45) is 1.61. The number of benzene rings is 1. The lowest BCUT2D eigenvalue weighted by Crippen LogP contribution is -1.97. The zero-order valence-corrected chi connectivity index (χ0v) is 8.02. The van der Waals surface area contributed by atoms with Crippen molar-refractivity contribution in [2.24, 2.45) is 0 Å². The highest BCUT2D eigenvalue weighted by Gasteiger charge is 2.15. The van der Waals surface area contributed by atoms with E-state index in [-0.39, 0.29) is 0 Å². The molecule has 0 saturated carbocycles. The second kappa shape index (κ2) is 3.42. The highest BCUT2D eigenvalue weighted by atomic mass is 16.8. The third kappa shape index (κ3) is 1.42. The van der Waals surface area contributed by atoms with Crippen molar-refractivity contribution in [1.82, 2.24) is 4.98 Å². The minimum absolute atomic E-state index is 0.385. The van der Waals surface area contributed by atoms with Crippen LogP contribution in [0.15, 0.2) is 24.4 Å². The minimum atomic E-state index is 0.385. The Morgan fingerprint density at radius 2 is 2.33 bits per heavy atom. The summed E-state index contributed by atoms with van der Waals surface area (Å²) < 4.78 is 0. The van der Waals surface area contributed by atoms with Gasteiger partial charge in [-0.15, -0.1) is 0 Å². The molecule has 1 aromatic carbocycles. The fourth-order valence-corrected chi connectivity index (χ4v) is 1.43. The molecule has 74 valence electrons. The molecule has 5 heteroatoms. The number of nitrogens with zero attached hydrogens (tertiary/aromatic N) is 2. The van der Waals surface area contributed by atoms with Gasteiger partial charge in [0, 0.05) is 23.7 Å². The van der Waals surface area contributed by atoms with Crippen molar-refractivity contribution in [3.63, 3.8) is 0 Å². The summed E-state index contributed by atoms with van der Waals surface area (Å²) in [7, 11) is 1.30. The number of rotatable bonds is 2. The van der Waals surface area contributed by atoms with Gasteiger partial charge < -0.3 is 4.98 Å². The molecular weight excluding hydrogens is 194 g/mol. The van der Waals surface area contributed by atoms with Crippen molar-refractivity contribution < 1.29 is 9.76 Å². The lowest BCUT2D eigenvalue weighted by molar-refractivity contribution is -0.736.